The van der Waals surface area contributed by atoms with Gasteiger partial charge >= 0.3 is 18.5 Å². The van der Waals surface area contributed by atoms with Crippen molar-refractivity contribution in [3.05, 3.63) is 69.8 Å². The lowest BCUT2D eigenvalue weighted by atomic mass is 9.63. The van der Waals surface area contributed by atoms with E-state index in [1.807, 2.05) is 0 Å². The van der Waals surface area contributed by atoms with Gasteiger partial charge in [-0.3, -0.25) is 9.59 Å². The van der Waals surface area contributed by atoms with Crippen LogP contribution in [0, 0.1) is 5.92 Å². The van der Waals surface area contributed by atoms with Crippen LogP contribution in [0.3, 0.4) is 0 Å². The fourth-order valence-corrected chi connectivity index (χ4v) is 6.93. The van der Waals surface area contributed by atoms with Gasteiger partial charge < -0.3 is 4.90 Å². The van der Waals surface area contributed by atoms with Gasteiger partial charge in [-0.05, 0) is 71.0 Å². The summed E-state index contributed by atoms with van der Waals surface area (Å²) in [5.41, 5.74) is -6.41. The highest BCUT2D eigenvalue weighted by Gasteiger charge is 2.57. The second-order valence-electron chi connectivity index (χ2n) is 11.7. The molecular formula is C29H26BrF9N6O2. The molecule has 18 heteroatoms. The number of hydrogen-bond donors (Lipinski definition) is 0. The summed E-state index contributed by atoms with van der Waals surface area (Å²) in [7, 11) is 1.34. The summed E-state index contributed by atoms with van der Waals surface area (Å²) in [6.07, 6.45) is -12.2. The Bertz CT molecular complexity index is 1630. The SMILES string of the molecule is Cn1nnc(N(Cc2cc(C(F)(F)F)cc(C(F)(F)F)c2)Cc2cc(C(F)(F)F)ccc2C2(C3CCCCC3)CC(=O)N(Br)C2=O)n1. The maximum atomic E-state index is 14.0. The molecule has 0 radical (unpaired) electrons. The Balaban J connectivity index is 1.68. The maximum absolute atomic E-state index is 14.0. The highest BCUT2D eigenvalue weighted by molar-refractivity contribution is 9.08. The fourth-order valence-electron chi connectivity index (χ4n) is 6.49. The molecule has 2 aromatic carbocycles. The molecule has 1 unspecified atom stereocenters. The molecule has 1 atom stereocenters. The number of tetrazole rings is 1. The van der Waals surface area contributed by atoms with Crippen LogP contribution in [0.15, 0.2) is 36.4 Å². The van der Waals surface area contributed by atoms with Crippen LogP contribution in [0.1, 0.15) is 71.9 Å². The second kappa shape index (κ2) is 12.4. The highest BCUT2D eigenvalue weighted by Crippen LogP contribution is 2.51. The van der Waals surface area contributed by atoms with E-state index in [0.717, 1.165) is 38.2 Å². The smallest absolute Gasteiger partial charge is 0.330 e. The predicted octanol–water partition coefficient (Wildman–Crippen LogP) is 7.36. The second-order valence-corrected chi connectivity index (χ2v) is 12.4. The number of aromatic nitrogens is 4. The van der Waals surface area contributed by atoms with Crippen LogP contribution in [0.25, 0.3) is 0 Å². The standard InChI is InChI=1S/C29H26BrF9N6O2/c1-43-41-25(40-42-43)44(14-16-9-20(28(34,35)36)12-21(10-16)29(37,38)39)15-17-11-19(27(31,32)33)7-8-22(17)26(18-5-3-2-4-6-18)13-23(46)45(30)24(26)47/h7-12,18H,2-6,13-15H2,1H3. The number of halogens is 10. The van der Waals surface area contributed by atoms with Gasteiger partial charge in [-0.2, -0.15) is 44.3 Å². The lowest BCUT2D eigenvalue weighted by molar-refractivity contribution is -0.143. The van der Waals surface area contributed by atoms with Gasteiger partial charge in [-0.25, -0.2) is 3.93 Å². The van der Waals surface area contributed by atoms with E-state index in [0.29, 0.717) is 37.8 Å². The third-order valence-electron chi connectivity index (χ3n) is 8.59. The monoisotopic (exact) mass is 740 g/mol. The zero-order valence-electron chi connectivity index (χ0n) is 24.5. The normalized spacial score (nSPS) is 19.9. The zero-order chi connectivity index (χ0) is 34.5. The van der Waals surface area contributed by atoms with Gasteiger partial charge in [0.25, 0.3) is 11.9 Å². The van der Waals surface area contributed by atoms with E-state index >= 15 is 0 Å². The van der Waals surface area contributed by atoms with Crippen LogP contribution in [0.2, 0.25) is 0 Å². The molecule has 0 N–H and O–H groups in total. The molecule has 47 heavy (non-hydrogen) atoms. The van der Waals surface area contributed by atoms with E-state index in [4.69, 9.17) is 0 Å². The fraction of sp³-hybridized carbons (Fsp3) is 0.483. The van der Waals surface area contributed by atoms with Crippen LogP contribution in [-0.4, -0.2) is 35.9 Å². The molecule has 2 fully saturated rings. The van der Waals surface area contributed by atoms with E-state index in [-0.39, 0.29) is 29.6 Å². The first kappa shape index (κ1) is 34.6. The molecule has 1 aromatic heterocycles. The zero-order valence-corrected chi connectivity index (χ0v) is 26.1. The van der Waals surface area contributed by atoms with Gasteiger partial charge in [0, 0.05) is 19.5 Å². The molecule has 0 spiro atoms. The molecule has 1 aliphatic heterocycles. The average Bonchev–Trinajstić information content (AvgIpc) is 3.52. The number of rotatable bonds is 7. The maximum Gasteiger partial charge on any atom is 0.416 e. The molecule has 2 aliphatic rings. The molecule has 254 valence electrons. The summed E-state index contributed by atoms with van der Waals surface area (Å²) >= 11 is 2.99. The number of carbonyl (C=O) groups is 2. The number of anilines is 1. The number of aryl methyl sites for hydroxylation is 1. The number of carbonyl (C=O) groups excluding carboxylic acids is 2. The predicted molar refractivity (Wildman–Crippen MR) is 150 cm³/mol. The van der Waals surface area contributed by atoms with E-state index in [1.165, 1.54) is 7.05 Å². The first-order chi connectivity index (χ1) is 21.8. The third kappa shape index (κ3) is 6.97. The molecular weight excluding hydrogens is 715 g/mol. The van der Waals surface area contributed by atoms with Crippen LogP contribution in [-0.2, 0) is 53.7 Å². The number of nitrogens with zero attached hydrogens (tertiary/aromatic N) is 6. The van der Waals surface area contributed by atoms with Crippen molar-refractivity contribution in [3.8, 4) is 0 Å². The topological polar surface area (TPSA) is 84.2 Å². The molecule has 8 nitrogen and oxygen atoms in total. The van der Waals surface area contributed by atoms with Crippen LogP contribution in [0.5, 0.6) is 0 Å². The minimum atomic E-state index is -5.15. The average molecular weight is 741 g/mol. The molecule has 0 bridgehead atoms. The summed E-state index contributed by atoms with van der Waals surface area (Å²) in [5.74, 6) is -2.04. The lowest BCUT2D eigenvalue weighted by Crippen LogP contribution is -2.44. The molecule has 1 aliphatic carbocycles. The number of amides is 2. The van der Waals surface area contributed by atoms with E-state index in [2.05, 4.69) is 31.6 Å². The van der Waals surface area contributed by atoms with Crippen molar-refractivity contribution in [2.45, 2.75) is 75.6 Å². The number of hydrogen-bond acceptors (Lipinski definition) is 6. The Morgan fingerprint density at radius 3 is 1.94 bits per heavy atom. The lowest BCUT2D eigenvalue weighted by Gasteiger charge is -2.39. The Morgan fingerprint density at radius 1 is 0.851 bits per heavy atom. The first-order valence-electron chi connectivity index (χ1n) is 14.3. The van der Waals surface area contributed by atoms with Gasteiger partial charge in [0.1, 0.15) is 0 Å². The number of benzene rings is 2. The van der Waals surface area contributed by atoms with Crippen LogP contribution >= 0.6 is 16.1 Å². The van der Waals surface area contributed by atoms with Crippen molar-refractivity contribution in [3.63, 3.8) is 0 Å². The van der Waals surface area contributed by atoms with Gasteiger partial charge in [0.15, 0.2) is 0 Å². The quantitative estimate of drug-likeness (QED) is 0.143. The van der Waals surface area contributed by atoms with Crippen LogP contribution in [0.4, 0.5) is 45.5 Å². The summed E-state index contributed by atoms with van der Waals surface area (Å²) < 4.78 is 125. The van der Waals surface area contributed by atoms with E-state index in [9.17, 15) is 49.1 Å². The van der Waals surface area contributed by atoms with Crippen molar-refractivity contribution in [1.82, 2.24) is 24.1 Å². The molecule has 1 saturated heterocycles. The Kier molecular flexibility index (Phi) is 9.13. The third-order valence-corrected chi connectivity index (χ3v) is 9.30. The summed E-state index contributed by atoms with van der Waals surface area (Å²) in [6.45, 7) is -1.32. The summed E-state index contributed by atoms with van der Waals surface area (Å²) in [4.78, 5) is 28.8. The Hall–Kier alpha value is -3.70. The molecule has 1 saturated carbocycles. The van der Waals surface area contributed by atoms with Gasteiger partial charge in [-0.1, -0.05) is 30.4 Å². The Morgan fingerprint density at radius 2 is 1.45 bits per heavy atom. The van der Waals surface area contributed by atoms with E-state index < -0.39 is 77.0 Å². The van der Waals surface area contributed by atoms with Gasteiger partial charge in [0.2, 0.25) is 5.91 Å². The largest absolute Gasteiger partial charge is 0.416 e. The van der Waals surface area contributed by atoms with Crippen molar-refractivity contribution < 1.29 is 49.1 Å². The van der Waals surface area contributed by atoms with Crippen molar-refractivity contribution in [1.29, 1.82) is 0 Å². The van der Waals surface area contributed by atoms with Crippen molar-refractivity contribution in [2.24, 2.45) is 13.0 Å². The minimum Gasteiger partial charge on any atom is -0.330 e. The number of imide groups is 1. The molecule has 2 heterocycles. The molecule has 2 amide bonds. The van der Waals surface area contributed by atoms with Crippen LogP contribution < -0.4 is 4.90 Å². The van der Waals surface area contributed by atoms with Crippen molar-refractivity contribution >= 4 is 33.9 Å². The highest BCUT2D eigenvalue weighted by atomic mass is 79.9. The van der Waals surface area contributed by atoms with E-state index in [1.54, 1.807) is 0 Å². The molecule has 3 aromatic rings. The van der Waals surface area contributed by atoms with Gasteiger partial charge in [0.05, 0.1) is 45.3 Å². The number of alkyl halides is 9. The molecule has 5 rings (SSSR count). The van der Waals surface area contributed by atoms with Crippen molar-refractivity contribution in [2.75, 3.05) is 4.90 Å². The first-order valence-corrected chi connectivity index (χ1v) is 15.0. The van der Waals surface area contributed by atoms with Gasteiger partial charge in [-0.15, -0.1) is 5.10 Å². The summed E-state index contributed by atoms with van der Waals surface area (Å²) in [6, 6.07) is 3.63. The summed E-state index contributed by atoms with van der Waals surface area (Å²) in [5, 5.41) is 11.5. The Labute approximate surface area is 270 Å². The minimum absolute atomic E-state index is 0.0397.